The SMILES string of the molecule is C=C(C)/C=C\C(=C/C)c1ccc(/C(C)=C/CC)cc1.C=C(C)OC.C=C(N)c1cccc(CC)c1.CC.CC.CCCCCCCCCCC.CCO/C=C(\C)C=O. The summed E-state index contributed by atoms with van der Waals surface area (Å²) in [6, 6.07) is 16.9. The van der Waals surface area contributed by atoms with E-state index in [1.165, 1.54) is 91.9 Å². The summed E-state index contributed by atoms with van der Waals surface area (Å²) >= 11 is 0. The Balaban J connectivity index is -0.000000209. The number of hydrogen-bond donors (Lipinski definition) is 1. The van der Waals surface area contributed by atoms with Crippen molar-refractivity contribution >= 4 is 23.1 Å². The number of methoxy groups -OCH3 is 1. The average Bonchev–Trinajstić information content (AvgIpc) is 3.25. The van der Waals surface area contributed by atoms with Gasteiger partial charge in [-0.05, 0) is 93.9 Å². The van der Waals surface area contributed by atoms with Crippen LogP contribution in [-0.4, -0.2) is 20.0 Å². The predicted molar refractivity (Wildman–Crippen MR) is 266 cm³/mol. The maximum atomic E-state index is 9.86. The van der Waals surface area contributed by atoms with Crippen LogP contribution in [-0.2, 0) is 20.7 Å². The third-order valence-corrected chi connectivity index (χ3v) is 7.93. The molecule has 4 nitrogen and oxygen atoms in total. The molecule has 0 fully saturated rings. The van der Waals surface area contributed by atoms with Gasteiger partial charge in [0.2, 0.25) is 0 Å². The molecule has 0 spiro atoms. The first kappa shape index (κ1) is 62.9. The lowest BCUT2D eigenvalue weighted by Gasteiger charge is -2.06. The molecular formula is C54H91NO3. The normalized spacial score (nSPS) is 10.4. The summed E-state index contributed by atoms with van der Waals surface area (Å²) < 4.78 is 9.35. The number of ether oxygens (including phenoxy) is 2. The van der Waals surface area contributed by atoms with Gasteiger partial charge in [-0.25, -0.2) is 0 Å². The van der Waals surface area contributed by atoms with Crippen LogP contribution in [0.1, 0.15) is 183 Å². The van der Waals surface area contributed by atoms with E-state index in [2.05, 4.69) is 121 Å². The summed E-state index contributed by atoms with van der Waals surface area (Å²) in [5, 5.41) is 0. The molecule has 0 radical (unpaired) electrons. The van der Waals surface area contributed by atoms with Crippen molar-refractivity contribution in [3.05, 3.63) is 138 Å². The van der Waals surface area contributed by atoms with Crippen LogP contribution in [0.3, 0.4) is 0 Å². The van der Waals surface area contributed by atoms with Crippen LogP contribution in [0.25, 0.3) is 16.8 Å². The summed E-state index contributed by atoms with van der Waals surface area (Å²) in [6.07, 6.45) is 25.8. The Bertz CT molecular complexity index is 1380. The minimum absolute atomic E-state index is 0.616. The molecule has 2 aromatic carbocycles. The first-order valence-electron chi connectivity index (χ1n) is 22.1. The first-order valence-corrected chi connectivity index (χ1v) is 22.1. The third-order valence-electron chi connectivity index (χ3n) is 7.93. The highest BCUT2D eigenvalue weighted by atomic mass is 16.5. The minimum Gasteiger partial charge on any atom is -0.502 e. The Kier molecular flexibility index (Phi) is 52.9. The van der Waals surface area contributed by atoms with Gasteiger partial charge in [0.25, 0.3) is 0 Å². The number of aldehydes is 1. The number of carbonyl (C=O) groups excluding carboxylic acids is 1. The highest BCUT2D eigenvalue weighted by molar-refractivity contribution is 5.76. The van der Waals surface area contributed by atoms with Gasteiger partial charge in [-0.3, -0.25) is 4.79 Å². The lowest BCUT2D eigenvalue weighted by molar-refractivity contribution is -0.105. The van der Waals surface area contributed by atoms with Crippen molar-refractivity contribution in [2.75, 3.05) is 13.7 Å². The minimum atomic E-state index is 0.616. The van der Waals surface area contributed by atoms with E-state index in [9.17, 15) is 4.79 Å². The quantitative estimate of drug-likeness (QED) is 0.0505. The number of allylic oxidation sites excluding steroid dienone is 9. The summed E-state index contributed by atoms with van der Waals surface area (Å²) in [5.41, 5.74) is 15.3. The van der Waals surface area contributed by atoms with Gasteiger partial charge in [-0.1, -0.05) is 205 Å². The van der Waals surface area contributed by atoms with E-state index in [1.807, 2.05) is 59.8 Å². The summed E-state index contributed by atoms with van der Waals surface area (Å²) in [5.74, 6) is 0.755. The molecule has 4 heteroatoms. The molecule has 0 aliphatic carbocycles. The Labute approximate surface area is 361 Å². The van der Waals surface area contributed by atoms with Crippen LogP contribution < -0.4 is 5.73 Å². The molecule has 0 atom stereocenters. The molecule has 2 aromatic rings. The number of nitrogens with two attached hydrogens (primary N) is 1. The molecule has 330 valence electrons. The van der Waals surface area contributed by atoms with Crippen molar-refractivity contribution in [3.63, 3.8) is 0 Å². The molecule has 0 saturated carbocycles. The molecule has 0 aliphatic heterocycles. The van der Waals surface area contributed by atoms with Gasteiger partial charge in [0.05, 0.1) is 25.7 Å². The number of hydrogen-bond acceptors (Lipinski definition) is 4. The number of carbonyl (C=O) groups is 1. The zero-order valence-corrected chi connectivity index (χ0v) is 40.5. The van der Waals surface area contributed by atoms with E-state index in [0.717, 1.165) is 36.0 Å². The summed E-state index contributed by atoms with van der Waals surface area (Å²) in [7, 11) is 1.60. The zero-order chi connectivity index (χ0) is 45.6. The van der Waals surface area contributed by atoms with Crippen molar-refractivity contribution in [1.82, 2.24) is 0 Å². The highest BCUT2D eigenvalue weighted by Crippen LogP contribution is 2.21. The molecule has 58 heavy (non-hydrogen) atoms. The molecule has 0 amide bonds. The molecule has 0 aromatic heterocycles. The lowest BCUT2D eigenvalue weighted by Crippen LogP contribution is -1.94. The fourth-order valence-electron chi connectivity index (χ4n) is 4.56. The molecule has 2 rings (SSSR count). The Hall–Kier alpha value is -4.31. The average molecular weight is 802 g/mol. The number of rotatable bonds is 19. The van der Waals surface area contributed by atoms with Gasteiger partial charge in [-0.15, -0.1) is 0 Å². The van der Waals surface area contributed by atoms with Gasteiger partial charge in [0.1, 0.15) is 6.29 Å². The van der Waals surface area contributed by atoms with Crippen molar-refractivity contribution in [2.45, 2.75) is 168 Å². The van der Waals surface area contributed by atoms with Gasteiger partial charge in [-0.2, -0.15) is 0 Å². The van der Waals surface area contributed by atoms with Crippen molar-refractivity contribution in [1.29, 1.82) is 0 Å². The second-order valence-corrected chi connectivity index (χ2v) is 13.2. The maximum Gasteiger partial charge on any atom is 0.148 e. The molecule has 0 unspecified atom stereocenters. The topological polar surface area (TPSA) is 61.6 Å². The smallest absolute Gasteiger partial charge is 0.148 e. The maximum absolute atomic E-state index is 9.86. The lowest BCUT2D eigenvalue weighted by atomic mass is 10.00. The van der Waals surface area contributed by atoms with E-state index >= 15 is 0 Å². The van der Waals surface area contributed by atoms with Gasteiger partial charge >= 0.3 is 0 Å². The molecule has 0 saturated heterocycles. The van der Waals surface area contributed by atoms with Crippen molar-refractivity contribution < 1.29 is 14.3 Å². The third kappa shape index (κ3) is 42.8. The molecule has 0 aliphatic rings. The molecule has 0 heterocycles. The van der Waals surface area contributed by atoms with Crippen LogP contribution in [0.15, 0.2) is 116 Å². The standard InChI is InChI=1S/C19H24.C11H24.C10H13N.C6H10O2.C4H8O.2C2H6/c1-6-8-16(5)18-11-13-19(14-12-18)17(7-2)10-9-15(3)4;1-3-5-7-9-11-10-8-6-4-2;1-3-9-5-4-6-10(7-9)8(2)11;1-3-8-5-6(2)4-7;1-4(2)5-3;2*1-2/h7-14H,3,6H2,1-2,4-5H3;3-11H2,1-2H3;4-7H,2-3,11H2,1H3;4-5H,3H2,1-2H3;1H2,2-3H3;2*1-2H3/b10-9-,16-8+,17-7+;;;6-5+;;;. The second kappa shape index (κ2) is 48.8. The Morgan fingerprint density at radius 1 is 0.707 bits per heavy atom. The number of benzene rings is 2. The number of unbranched alkanes of at least 4 members (excludes halogenated alkanes) is 8. The summed E-state index contributed by atoms with van der Waals surface area (Å²) in [4.78, 5) is 9.86. The second-order valence-electron chi connectivity index (χ2n) is 13.2. The first-order chi connectivity index (χ1) is 27.8. The van der Waals surface area contributed by atoms with Crippen molar-refractivity contribution in [3.8, 4) is 0 Å². The van der Waals surface area contributed by atoms with E-state index in [4.69, 9.17) is 10.5 Å². The van der Waals surface area contributed by atoms with Crippen LogP contribution in [0.5, 0.6) is 0 Å². The van der Waals surface area contributed by atoms with E-state index in [1.54, 1.807) is 21.0 Å². The predicted octanol–water partition coefficient (Wildman–Crippen LogP) is 17.1. The van der Waals surface area contributed by atoms with Crippen LogP contribution >= 0.6 is 0 Å². The summed E-state index contributed by atoms with van der Waals surface area (Å²) in [6.45, 7) is 40.1. The highest BCUT2D eigenvalue weighted by Gasteiger charge is 1.99. The monoisotopic (exact) mass is 802 g/mol. The van der Waals surface area contributed by atoms with E-state index in [0.29, 0.717) is 17.9 Å². The Morgan fingerprint density at radius 3 is 1.55 bits per heavy atom. The Morgan fingerprint density at radius 2 is 1.19 bits per heavy atom. The van der Waals surface area contributed by atoms with Crippen LogP contribution in [0.4, 0.5) is 0 Å². The zero-order valence-electron chi connectivity index (χ0n) is 40.5. The largest absolute Gasteiger partial charge is 0.502 e. The van der Waals surface area contributed by atoms with Crippen LogP contribution in [0, 0.1) is 0 Å². The van der Waals surface area contributed by atoms with Crippen molar-refractivity contribution in [2.24, 2.45) is 5.73 Å². The fourth-order valence-corrected chi connectivity index (χ4v) is 4.56. The van der Waals surface area contributed by atoms with Gasteiger partial charge in [0.15, 0.2) is 0 Å². The van der Waals surface area contributed by atoms with E-state index in [-0.39, 0.29) is 0 Å². The van der Waals surface area contributed by atoms with Gasteiger partial charge < -0.3 is 15.2 Å². The van der Waals surface area contributed by atoms with Gasteiger partial charge in [0, 0.05) is 11.3 Å². The van der Waals surface area contributed by atoms with Crippen LogP contribution in [0.2, 0.25) is 0 Å². The molecule has 0 bridgehead atoms. The molecule has 2 N–H and O–H groups in total. The number of aryl methyl sites for hydroxylation is 1. The van der Waals surface area contributed by atoms with E-state index < -0.39 is 0 Å². The molecular weight excluding hydrogens is 711 g/mol. The fraction of sp³-hybridized carbons (Fsp3) is 0.500.